The van der Waals surface area contributed by atoms with Crippen LogP contribution in [0, 0.1) is 5.92 Å². The maximum atomic E-state index is 12.0. The zero-order valence-electron chi connectivity index (χ0n) is 14.8. The highest BCUT2D eigenvalue weighted by atomic mass is 16.5. The van der Waals surface area contributed by atoms with E-state index in [0.717, 1.165) is 44.9 Å². The summed E-state index contributed by atoms with van der Waals surface area (Å²) in [5.41, 5.74) is 3.72. The Morgan fingerprint density at radius 1 is 1.12 bits per heavy atom. The number of allylic oxidation sites excluding steroid dienone is 1. The summed E-state index contributed by atoms with van der Waals surface area (Å²) in [7, 11) is 0. The van der Waals surface area contributed by atoms with Crippen LogP contribution in [0.25, 0.3) is 0 Å². The van der Waals surface area contributed by atoms with E-state index >= 15 is 0 Å². The molecule has 0 spiro atoms. The Bertz CT molecular complexity index is 667. The number of aryl methyl sites for hydroxylation is 2. The maximum absolute atomic E-state index is 12.0. The molecule has 2 aromatic rings. The van der Waals surface area contributed by atoms with Gasteiger partial charge in [0, 0.05) is 6.42 Å². The molecule has 0 aromatic carbocycles. The summed E-state index contributed by atoms with van der Waals surface area (Å²) >= 11 is 0. The van der Waals surface area contributed by atoms with E-state index in [1.807, 2.05) is 12.1 Å². The number of cyclic esters (lactones) is 1. The molecule has 3 heterocycles. The summed E-state index contributed by atoms with van der Waals surface area (Å²) < 4.78 is 15.7. The lowest BCUT2D eigenvalue weighted by atomic mass is 9.96. The summed E-state index contributed by atoms with van der Waals surface area (Å²) in [6.07, 6.45) is 15.8. The van der Waals surface area contributed by atoms with E-state index in [0.29, 0.717) is 0 Å². The lowest BCUT2D eigenvalue weighted by Gasteiger charge is -2.06. The molecule has 25 heavy (non-hydrogen) atoms. The first-order valence-corrected chi connectivity index (χ1v) is 9.10. The van der Waals surface area contributed by atoms with Gasteiger partial charge in [-0.3, -0.25) is 4.79 Å². The molecule has 0 saturated carbocycles. The lowest BCUT2D eigenvalue weighted by molar-refractivity contribution is -0.143. The van der Waals surface area contributed by atoms with Gasteiger partial charge in [-0.2, -0.15) is 0 Å². The van der Waals surface area contributed by atoms with E-state index in [4.69, 9.17) is 13.6 Å². The highest BCUT2D eigenvalue weighted by Gasteiger charge is 2.32. The van der Waals surface area contributed by atoms with Gasteiger partial charge in [0.25, 0.3) is 0 Å². The summed E-state index contributed by atoms with van der Waals surface area (Å²) in [5, 5.41) is 0. The molecular weight excluding hydrogens is 316 g/mol. The minimum absolute atomic E-state index is 0.0341. The zero-order valence-corrected chi connectivity index (χ0v) is 14.8. The second kappa shape index (κ2) is 8.75. The third-order valence-corrected chi connectivity index (χ3v) is 4.80. The van der Waals surface area contributed by atoms with Gasteiger partial charge in [-0.15, -0.1) is 0 Å². The molecule has 134 valence electrons. The van der Waals surface area contributed by atoms with Crippen molar-refractivity contribution >= 4 is 5.97 Å². The van der Waals surface area contributed by atoms with Gasteiger partial charge in [0.05, 0.1) is 31.0 Å². The fraction of sp³-hybridized carbons (Fsp3) is 0.476. The van der Waals surface area contributed by atoms with Crippen LogP contribution < -0.4 is 0 Å². The molecule has 1 aliphatic rings. The Morgan fingerprint density at radius 2 is 1.80 bits per heavy atom. The van der Waals surface area contributed by atoms with Gasteiger partial charge in [0.2, 0.25) is 0 Å². The lowest BCUT2D eigenvalue weighted by Crippen LogP contribution is -2.07. The van der Waals surface area contributed by atoms with Crippen molar-refractivity contribution in [1.82, 2.24) is 0 Å². The van der Waals surface area contributed by atoms with E-state index in [1.165, 1.54) is 16.7 Å². The van der Waals surface area contributed by atoms with Crippen LogP contribution in [0.2, 0.25) is 0 Å². The molecule has 2 aromatic heterocycles. The molecule has 0 amide bonds. The first-order chi connectivity index (χ1) is 12.2. The zero-order chi connectivity index (χ0) is 17.5. The van der Waals surface area contributed by atoms with Gasteiger partial charge < -0.3 is 13.6 Å². The fourth-order valence-corrected chi connectivity index (χ4v) is 3.40. The molecule has 4 nitrogen and oxygen atoms in total. The van der Waals surface area contributed by atoms with Gasteiger partial charge in [-0.25, -0.2) is 0 Å². The second-order valence-corrected chi connectivity index (χ2v) is 6.93. The quantitative estimate of drug-likeness (QED) is 0.470. The van der Waals surface area contributed by atoms with Crippen LogP contribution in [0.15, 0.2) is 57.7 Å². The average molecular weight is 342 g/mol. The minimum atomic E-state index is -0.0552. The number of furan rings is 2. The maximum Gasteiger partial charge on any atom is 0.309 e. The standard InChI is InChI=1S/C21H26O4/c1-16(4-2-5-17-8-10-23-14-17)12-20-13-19(21(22)25-20)7-3-6-18-9-11-24-15-18/h8-12,14-15,19-20H,2-7,13H2,1H3/b16-12-. The van der Waals surface area contributed by atoms with Crippen LogP contribution >= 0.6 is 0 Å². The predicted octanol–water partition coefficient (Wildman–Crippen LogP) is 5.10. The second-order valence-electron chi connectivity index (χ2n) is 6.93. The number of hydrogen-bond acceptors (Lipinski definition) is 4. The SMILES string of the molecule is C/C(=C/C1CC(CCCc2ccoc2)C(=O)O1)CCCc1ccoc1. The topological polar surface area (TPSA) is 52.6 Å². The summed E-state index contributed by atoms with van der Waals surface area (Å²) in [5.74, 6) is -0.00785. The molecule has 2 unspecified atom stereocenters. The van der Waals surface area contributed by atoms with E-state index < -0.39 is 0 Å². The summed E-state index contributed by atoms with van der Waals surface area (Å²) in [4.78, 5) is 12.0. The van der Waals surface area contributed by atoms with Crippen LogP contribution in [0.3, 0.4) is 0 Å². The third kappa shape index (κ3) is 5.38. The van der Waals surface area contributed by atoms with E-state index in [1.54, 1.807) is 25.1 Å². The van der Waals surface area contributed by atoms with Crippen LogP contribution in [-0.2, 0) is 22.4 Å². The van der Waals surface area contributed by atoms with Crippen molar-refractivity contribution in [3.63, 3.8) is 0 Å². The molecule has 1 fully saturated rings. The summed E-state index contributed by atoms with van der Waals surface area (Å²) in [6.45, 7) is 2.12. The molecule has 0 N–H and O–H groups in total. The van der Waals surface area contributed by atoms with Gasteiger partial charge in [-0.05, 0) is 74.8 Å². The van der Waals surface area contributed by atoms with Crippen molar-refractivity contribution in [2.45, 2.75) is 58.0 Å². The highest BCUT2D eigenvalue weighted by molar-refractivity contribution is 5.74. The Hall–Kier alpha value is -2.23. The van der Waals surface area contributed by atoms with Crippen molar-refractivity contribution in [3.05, 3.63) is 60.0 Å². The Morgan fingerprint density at radius 3 is 2.44 bits per heavy atom. The van der Waals surface area contributed by atoms with Crippen molar-refractivity contribution in [1.29, 1.82) is 0 Å². The van der Waals surface area contributed by atoms with Crippen LogP contribution in [0.4, 0.5) is 0 Å². The van der Waals surface area contributed by atoms with Crippen molar-refractivity contribution in [2.75, 3.05) is 0 Å². The largest absolute Gasteiger partial charge is 0.472 e. The van der Waals surface area contributed by atoms with Gasteiger partial charge in [-0.1, -0.05) is 5.57 Å². The Balaban J connectivity index is 1.38. The molecule has 2 atom stereocenters. The number of hydrogen-bond donors (Lipinski definition) is 0. The van der Waals surface area contributed by atoms with Crippen molar-refractivity contribution in [2.24, 2.45) is 5.92 Å². The van der Waals surface area contributed by atoms with Gasteiger partial charge >= 0.3 is 5.97 Å². The van der Waals surface area contributed by atoms with Crippen LogP contribution in [0.5, 0.6) is 0 Å². The molecule has 0 bridgehead atoms. The van der Waals surface area contributed by atoms with Gasteiger partial charge in [0.1, 0.15) is 6.10 Å². The minimum Gasteiger partial charge on any atom is -0.472 e. The van der Waals surface area contributed by atoms with E-state index in [2.05, 4.69) is 13.0 Å². The number of ether oxygens (including phenoxy) is 1. The molecule has 3 rings (SSSR count). The van der Waals surface area contributed by atoms with Crippen LogP contribution in [0.1, 0.15) is 50.2 Å². The molecule has 4 heteroatoms. The first-order valence-electron chi connectivity index (χ1n) is 9.10. The van der Waals surface area contributed by atoms with Gasteiger partial charge in [0.15, 0.2) is 0 Å². The van der Waals surface area contributed by atoms with Crippen molar-refractivity contribution in [3.8, 4) is 0 Å². The summed E-state index contributed by atoms with van der Waals surface area (Å²) in [6, 6.07) is 3.98. The average Bonchev–Trinajstić information content (AvgIpc) is 3.31. The Labute approximate surface area is 148 Å². The first kappa shape index (κ1) is 17.6. The van der Waals surface area contributed by atoms with E-state index in [9.17, 15) is 4.79 Å². The number of carbonyl (C=O) groups excluding carboxylic acids is 1. The number of esters is 1. The van der Waals surface area contributed by atoms with E-state index in [-0.39, 0.29) is 18.0 Å². The normalized spacial score (nSPS) is 20.8. The van der Waals surface area contributed by atoms with Crippen LogP contribution in [-0.4, -0.2) is 12.1 Å². The number of carbonyl (C=O) groups is 1. The predicted molar refractivity (Wildman–Crippen MR) is 95.0 cm³/mol. The highest BCUT2D eigenvalue weighted by Crippen LogP contribution is 2.28. The monoisotopic (exact) mass is 342 g/mol. The molecular formula is C21H26O4. The third-order valence-electron chi connectivity index (χ3n) is 4.80. The molecule has 0 radical (unpaired) electrons. The fourth-order valence-electron chi connectivity index (χ4n) is 3.40. The number of rotatable bonds is 9. The van der Waals surface area contributed by atoms with Crippen molar-refractivity contribution < 1.29 is 18.4 Å². The molecule has 1 saturated heterocycles. The Kier molecular flexibility index (Phi) is 6.15. The smallest absolute Gasteiger partial charge is 0.309 e. The molecule has 0 aliphatic carbocycles. The molecule has 1 aliphatic heterocycles.